The molecule has 116 valence electrons. The molecule has 0 heterocycles. The van der Waals surface area contributed by atoms with Crippen LogP contribution in [0.3, 0.4) is 0 Å². The van der Waals surface area contributed by atoms with Crippen LogP contribution in [0.2, 0.25) is 0 Å². The first-order valence-electron chi connectivity index (χ1n) is 7.25. The Morgan fingerprint density at radius 3 is 1.57 bits per heavy atom. The van der Waals surface area contributed by atoms with Crippen LogP contribution in [0.4, 0.5) is 0 Å². The third kappa shape index (κ3) is 5.95. The third-order valence-corrected chi connectivity index (χ3v) is 3.26. The van der Waals surface area contributed by atoms with Gasteiger partial charge in [0.2, 0.25) is 0 Å². The average Bonchev–Trinajstić information content (AvgIpc) is 2.49. The zero-order chi connectivity index (χ0) is 15.9. The molecule has 0 saturated heterocycles. The first kappa shape index (κ1) is 19.1. The molecule has 0 bridgehead atoms. The van der Waals surface area contributed by atoms with E-state index >= 15 is 0 Å². The molecule has 5 heteroatoms. The summed E-state index contributed by atoms with van der Waals surface area (Å²) in [6.07, 6.45) is 13.9. The minimum atomic E-state index is 0. The number of hydrogen-bond donors (Lipinski definition) is 2. The maximum Gasteiger partial charge on any atom is 0.187 e. The van der Waals surface area contributed by atoms with Gasteiger partial charge in [-0.15, -0.1) is 0 Å². The molecule has 2 aliphatic carbocycles. The van der Waals surface area contributed by atoms with E-state index in [9.17, 15) is 9.59 Å². The second-order valence-corrected chi connectivity index (χ2v) is 5.28. The van der Waals surface area contributed by atoms with Gasteiger partial charge < -0.3 is 10.6 Å². The maximum absolute atomic E-state index is 11.6. The van der Waals surface area contributed by atoms with Gasteiger partial charge in [0, 0.05) is 56.1 Å². The number of carbonyl (C=O) groups excluding carboxylic acids is 2. The van der Waals surface area contributed by atoms with Crippen LogP contribution in [0.15, 0.2) is 71.1 Å². The summed E-state index contributed by atoms with van der Waals surface area (Å²) in [4.78, 5) is 23.2. The van der Waals surface area contributed by atoms with Crippen LogP contribution in [-0.2, 0) is 29.1 Å². The van der Waals surface area contributed by atoms with E-state index in [1.165, 1.54) is 0 Å². The van der Waals surface area contributed by atoms with Gasteiger partial charge in [0.15, 0.2) is 11.6 Å². The normalized spacial score (nSPS) is 20.3. The van der Waals surface area contributed by atoms with Crippen molar-refractivity contribution in [3.63, 3.8) is 0 Å². The second kappa shape index (κ2) is 9.21. The monoisotopic (exact) mass is 360 g/mol. The van der Waals surface area contributed by atoms with Crippen LogP contribution >= 0.6 is 0 Å². The first-order valence-corrected chi connectivity index (χ1v) is 7.25. The predicted octanol–water partition coefficient (Wildman–Crippen LogP) is 2.10. The molecule has 0 saturated carbocycles. The van der Waals surface area contributed by atoms with Crippen LogP contribution in [0.1, 0.15) is 13.8 Å². The summed E-state index contributed by atoms with van der Waals surface area (Å²) < 4.78 is 0. The predicted molar refractivity (Wildman–Crippen MR) is 88.0 cm³/mol. The largest absolute Gasteiger partial charge is 0.389 e. The molecular formula is C18H20N2O2Zn. The molecule has 2 rings (SSSR count). The summed E-state index contributed by atoms with van der Waals surface area (Å²) in [5.41, 5.74) is 3.43. The Labute approximate surface area is 149 Å². The van der Waals surface area contributed by atoms with E-state index in [-0.39, 0.29) is 31.0 Å². The smallest absolute Gasteiger partial charge is 0.187 e. The second-order valence-electron chi connectivity index (χ2n) is 5.28. The fourth-order valence-corrected chi connectivity index (χ4v) is 2.07. The van der Waals surface area contributed by atoms with Crippen molar-refractivity contribution >= 4 is 11.6 Å². The topological polar surface area (TPSA) is 58.2 Å². The van der Waals surface area contributed by atoms with Gasteiger partial charge in [0.05, 0.1) is 0 Å². The van der Waals surface area contributed by atoms with Crippen molar-refractivity contribution in [1.29, 1.82) is 0 Å². The van der Waals surface area contributed by atoms with Crippen molar-refractivity contribution in [2.45, 2.75) is 13.8 Å². The van der Waals surface area contributed by atoms with Crippen molar-refractivity contribution in [3.8, 4) is 0 Å². The standard InChI is InChI=1S/C18H20N2O2.Zn/c1-13-3-5-17(21)15(9-13)11-19-7-8-20-12-16-10-14(2)4-6-18(16)22;/h3-6,9-12,19-20H,7-8H2,1-2H3;/b15-11-,16-12-;. The van der Waals surface area contributed by atoms with E-state index in [0.717, 1.165) is 11.1 Å². The minimum absolute atomic E-state index is 0. The number of hydrogen-bond acceptors (Lipinski definition) is 4. The molecular weight excluding hydrogens is 342 g/mol. The minimum Gasteiger partial charge on any atom is -0.389 e. The number of rotatable bonds is 5. The van der Waals surface area contributed by atoms with Crippen LogP contribution in [0.5, 0.6) is 0 Å². The van der Waals surface area contributed by atoms with Gasteiger partial charge in [-0.3, -0.25) is 9.59 Å². The van der Waals surface area contributed by atoms with Gasteiger partial charge in [-0.2, -0.15) is 0 Å². The molecule has 0 aromatic rings. The van der Waals surface area contributed by atoms with E-state index in [1.807, 2.05) is 26.0 Å². The maximum atomic E-state index is 11.6. The summed E-state index contributed by atoms with van der Waals surface area (Å²) in [6, 6.07) is 0. The van der Waals surface area contributed by atoms with E-state index in [1.54, 1.807) is 36.7 Å². The summed E-state index contributed by atoms with van der Waals surface area (Å²) >= 11 is 0. The first-order chi connectivity index (χ1) is 10.6. The van der Waals surface area contributed by atoms with Gasteiger partial charge in [0.1, 0.15) is 0 Å². The Morgan fingerprint density at radius 1 is 0.783 bits per heavy atom. The molecule has 0 aromatic carbocycles. The van der Waals surface area contributed by atoms with Crippen LogP contribution in [0.25, 0.3) is 0 Å². The van der Waals surface area contributed by atoms with E-state index < -0.39 is 0 Å². The molecule has 4 nitrogen and oxygen atoms in total. The number of carbonyl (C=O) groups is 2. The SMILES string of the molecule is CC1=C/C(=C/NCCN/C=C2/C=C(C)C=CC2=O)C(=O)C=C1.[Zn]. The molecule has 0 aromatic heterocycles. The van der Waals surface area contributed by atoms with Crippen molar-refractivity contribution in [2.75, 3.05) is 13.1 Å². The Bertz CT molecular complexity index is 607. The van der Waals surface area contributed by atoms with E-state index in [0.29, 0.717) is 24.2 Å². The van der Waals surface area contributed by atoms with Crippen molar-refractivity contribution in [1.82, 2.24) is 10.6 Å². The third-order valence-electron chi connectivity index (χ3n) is 3.26. The van der Waals surface area contributed by atoms with E-state index in [2.05, 4.69) is 10.6 Å². The zero-order valence-corrected chi connectivity index (χ0v) is 16.5. The molecule has 0 radical (unpaired) electrons. The quantitative estimate of drug-likeness (QED) is 0.447. The molecule has 0 aliphatic heterocycles. The molecule has 0 spiro atoms. The Kier molecular flexibility index (Phi) is 7.63. The van der Waals surface area contributed by atoms with Crippen molar-refractivity contribution in [2.24, 2.45) is 0 Å². The van der Waals surface area contributed by atoms with Crippen molar-refractivity contribution < 1.29 is 29.1 Å². The van der Waals surface area contributed by atoms with Crippen molar-refractivity contribution in [3.05, 3.63) is 71.1 Å². The summed E-state index contributed by atoms with van der Waals surface area (Å²) in [6.45, 7) is 5.22. The molecule has 23 heavy (non-hydrogen) atoms. The van der Waals surface area contributed by atoms with E-state index in [4.69, 9.17) is 0 Å². The van der Waals surface area contributed by atoms with Gasteiger partial charge >= 0.3 is 0 Å². The average molecular weight is 362 g/mol. The molecule has 2 N–H and O–H groups in total. The Balaban J connectivity index is 0.00000264. The molecule has 0 atom stereocenters. The zero-order valence-electron chi connectivity index (χ0n) is 13.6. The van der Waals surface area contributed by atoms with Gasteiger partial charge in [-0.1, -0.05) is 23.3 Å². The Hall–Kier alpha value is -2.00. The summed E-state index contributed by atoms with van der Waals surface area (Å²) in [5, 5.41) is 6.19. The molecule has 0 amide bonds. The number of allylic oxidation sites excluding steroid dienone is 10. The van der Waals surface area contributed by atoms with Gasteiger partial charge in [0.25, 0.3) is 0 Å². The summed E-state index contributed by atoms with van der Waals surface area (Å²) in [5.74, 6) is 0.0155. The van der Waals surface area contributed by atoms with Crippen LogP contribution in [0, 0.1) is 0 Å². The van der Waals surface area contributed by atoms with Gasteiger partial charge in [-0.05, 0) is 38.2 Å². The summed E-state index contributed by atoms with van der Waals surface area (Å²) in [7, 11) is 0. The fourth-order valence-electron chi connectivity index (χ4n) is 2.07. The number of nitrogens with one attached hydrogen (secondary N) is 2. The van der Waals surface area contributed by atoms with Crippen LogP contribution < -0.4 is 10.6 Å². The molecule has 0 unspecified atom stereocenters. The molecule has 0 fully saturated rings. The van der Waals surface area contributed by atoms with Gasteiger partial charge in [-0.25, -0.2) is 0 Å². The fraction of sp³-hybridized carbons (Fsp3) is 0.222. The van der Waals surface area contributed by atoms with Crippen LogP contribution in [-0.4, -0.2) is 24.7 Å². The Morgan fingerprint density at radius 2 is 1.17 bits per heavy atom. The number of ketones is 2. The molecule has 2 aliphatic rings.